The number of anilines is 4. The summed E-state index contributed by atoms with van der Waals surface area (Å²) >= 11 is 0. The number of ether oxygens (including phenoxy) is 2. The van der Waals surface area contributed by atoms with E-state index >= 15 is 0 Å². The lowest BCUT2D eigenvalue weighted by Crippen LogP contribution is -2.49. The van der Waals surface area contributed by atoms with E-state index in [-0.39, 0.29) is 17.8 Å². The normalized spacial score (nSPS) is 20.0. The maximum atomic E-state index is 11.7. The van der Waals surface area contributed by atoms with Crippen molar-refractivity contribution in [2.45, 2.75) is 38.4 Å². The van der Waals surface area contributed by atoms with E-state index in [2.05, 4.69) is 47.2 Å². The Balaban J connectivity index is 1.31. The van der Waals surface area contributed by atoms with Crippen LogP contribution in [-0.2, 0) is 19.3 Å². The van der Waals surface area contributed by atoms with Crippen LogP contribution in [0.3, 0.4) is 0 Å². The second-order valence-corrected chi connectivity index (χ2v) is 13.6. The molecule has 0 amide bonds. The Bertz CT molecular complexity index is 1460. The Morgan fingerprint density at radius 1 is 1.07 bits per heavy atom. The van der Waals surface area contributed by atoms with Crippen LogP contribution in [0.25, 0.3) is 10.8 Å². The minimum absolute atomic E-state index is 0.153. The topological polar surface area (TPSA) is 130 Å². The Labute approximate surface area is 241 Å². The van der Waals surface area contributed by atoms with Crippen LogP contribution in [0.5, 0.6) is 0 Å². The van der Waals surface area contributed by atoms with Crippen molar-refractivity contribution >= 4 is 43.9 Å². The van der Waals surface area contributed by atoms with Crippen LogP contribution in [0.2, 0.25) is 0 Å². The third-order valence-electron chi connectivity index (χ3n) is 7.69. The molecule has 0 unspecified atom stereocenters. The van der Waals surface area contributed by atoms with Crippen molar-refractivity contribution in [1.82, 2.24) is 15.0 Å². The van der Waals surface area contributed by atoms with Gasteiger partial charge in [0.1, 0.15) is 21.5 Å². The van der Waals surface area contributed by atoms with E-state index in [1.54, 1.807) is 19.4 Å². The average molecular weight is 585 g/mol. The predicted octanol–water partition coefficient (Wildman–Crippen LogP) is 2.98. The van der Waals surface area contributed by atoms with Crippen LogP contribution >= 0.6 is 0 Å². The molecule has 2 atom stereocenters. The molecule has 2 aromatic heterocycles. The van der Waals surface area contributed by atoms with Gasteiger partial charge in [-0.15, -0.1) is 0 Å². The third-order valence-corrected chi connectivity index (χ3v) is 8.77. The van der Waals surface area contributed by atoms with Crippen LogP contribution < -0.4 is 15.1 Å². The Kier molecular flexibility index (Phi) is 8.93. The second-order valence-electron chi connectivity index (χ2n) is 11.4. The summed E-state index contributed by atoms with van der Waals surface area (Å²) in [7, 11) is -1.36. The molecule has 2 aliphatic heterocycles. The fourth-order valence-corrected chi connectivity index (χ4v) is 6.73. The molecule has 2 N–H and O–H groups in total. The molecule has 0 saturated carbocycles. The highest BCUT2D eigenvalue weighted by Gasteiger charge is 2.31. The minimum Gasteiger partial charge on any atom is -0.389 e. The predicted molar refractivity (Wildman–Crippen MR) is 161 cm³/mol. The van der Waals surface area contributed by atoms with Crippen molar-refractivity contribution in [3.8, 4) is 0 Å². The van der Waals surface area contributed by atoms with Crippen molar-refractivity contribution in [2.75, 3.05) is 73.6 Å². The molecule has 12 heteroatoms. The van der Waals surface area contributed by atoms with E-state index in [9.17, 15) is 13.5 Å². The lowest BCUT2D eigenvalue weighted by atomic mass is 9.93. The zero-order valence-electron chi connectivity index (χ0n) is 24.2. The van der Waals surface area contributed by atoms with Crippen molar-refractivity contribution in [3.63, 3.8) is 0 Å². The molecule has 0 spiro atoms. The van der Waals surface area contributed by atoms with E-state index in [0.29, 0.717) is 56.2 Å². The Morgan fingerprint density at radius 2 is 1.88 bits per heavy atom. The highest BCUT2D eigenvalue weighted by atomic mass is 32.2. The number of hydrogen-bond donors (Lipinski definition) is 2. The van der Waals surface area contributed by atoms with Gasteiger partial charge >= 0.3 is 0 Å². The molecular weight excluding hydrogens is 544 g/mol. The highest BCUT2D eigenvalue weighted by molar-refractivity contribution is 7.90. The van der Waals surface area contributed by atoms with Gasteiger partial charge in [0.2, 0.25) is 5.95 Å². The summed E-state index contributed by atoms with van der Waals surface area (Å²) in [5.74, 6) is 2.51. The molecule has 222 valence electrons. The number of aromatic nitrogens is 3. The van der Waals surface area contributed by atoms with Gasteiger partial charge in [0, 0.05) is 68.9 Å². The fourth-order valence-electron chi connectivity index (χ4n) is 5.66. The van der Waals surface area contributed by atoms with Gasteiger partial charge < -0.3 is 29.7 Å². The number of hydrogen-bond acceptors (Lipinski definition) is 11. The number of nitrogens with one attached hydrogen (secondary N) is 1. The summed E-state index contributed by atoms with van der Waals surface area (Å²) < 4.78 is 34.2. The van der Waals surface area contributed by atoms with Crippen LogP contribution in [0.1, 0.15) is 31.7 Å². The molecule has 3 aromatic rings. The van der Waals surface area contributed by atoms with Crippen molar-refractivity contribution in [3.05, 3.63) is 42.2 Å². The van der Waals surface area contributed by atoms with Gasteiger partial charge in [-0.25, -0.2) is 18.4 Å². The third kappa shape index (κ3) is 7.06. The molecule has 4 heterocycles. The molecule has 0 aliphatic carbocycles. The SMILES string of the molecule is COCCO[C@@H]1CCN(c2nccc(Nc3cc4c(C(C)C)ccc(N5CC(CS(C)(=O)=O)C5)c4cn3)n2)C[C@@H]1O. The summed E-state index contributed by atoms with van der Waals surface area (Å²) in [5.41, 5.74) is 2.29. The number of nitrogens with zero attached hydrogens (tertiary/aromatic N) is 5. The first-order valence-corrected chi connectivity index (χ1v) is 16.2. The highest BCUT2D eigenvalue weighted by Crippen LogP contribution is 2.37. The lowest BCUT2D eigenvalue weighted by Gasteiger charge is -2.41. The number of piperidine rings is 1. The van der Waals surface area contributed by atoms with E-state index in [0.717, 1.165) is 29.5 Å². The van der Waals surface area contributed by atoms with E-state index < -0.39 is 15.9 Å². The fraction of sp³-hybridized carbons (Fsp3) is 0.552. The summed E-state index contributed by atoms with van der Waals surface area (Å²) in [6.07, 6.45) is 4.69. The number of aliphatic hydroxyl groups is 1. The van der Waals surface area contributed by atoms with Gasteiger partial charge in [0.25, 0.3) is 0 Å². The van der Waals surface area contributed by atoms with Gasteiger partial charge in [-0.2, -0.15) is 4.98 Å². The number of pyridine rings is 1. The van der Waals surface area contributed by atoms with Gasteiger partial charge in [-0.3, -0.25) is 0 Å². The van der Waals surface area contributed by atoms with E-state index in [4.69, 9.17) is 19.4 Å². The maximum Gasteiger partial charge on any atom is 0.227 e. The molecule has 2 saturated heterocycles. The first-order chi connectivity index (χ1) is 19.6. The molecule has 1 aromatic carbocycles. The molecule has 2 aliphatic rings. The number of benzene rings is 1. The summed E-state index contributed by atoms with van der Waals surface area (Å²) in [6.45, 7) is 7.79. The molecule has 0 radical (unpaired) electrons. The number of methoxy groups -OCH3 is 1. The summed E-state index contributed by atoms with van der Waals surface area (Å²) in [6, 6.07) is 8.14. The van der Waals surface area contributed by atoms with Crippen molar-refractivity contribution < 1.29 is 23.0 Å². The van der Waals surface area contributed by atoms with E-state index in [1.807, 2.05) is 11.1 Å². The lowest BCUT2D eigenvalue weighted by molar-refractivity contribution is -0.0593. The number of β-amino-alcohol motifs (C(OH)–C–C–N with tert-alkyl or cyclic N) is 1. The average Bonchev–Trinajstić information content (AvgIpc) is 2.90. The van der Waals surface area contributed by atoms with Crippen LogP contribution in [0.15, 0.2) is 36.7 Å². The van der Waals surface area contributed by atoms with Gasteiger partial charge in [-0.1, -0.05) is 19.9 Å². The van der Waals surface area contributed by atoms with Crippen LogP contribution in [-0.4, -0.2) is 99.2 Å². The van der Waals surface area contributed by atoms with E-state index in [1.165, 1.54) is 11.8 Å². The zero-order valence-corrected chi connectivity index (χ0v) is 25.0. The number of rotatable bonds is 11. The van der Waals surface area contributed by atoms with Gasteiger partial charge in [0.15, 0.2) is 0 Å². The number of sulfone groups is 1. The maximum absolute atomic E-state index is 11.7. The number of fused-ring (bicyclic) bond motifs is 1. The van der Waals surface area contributed by atoms with Crippen LogP contribution in [0.4, 0.5) is 23.3 Å². The zero-order chi connectivity index (χ0) is 29.1. The summed E-state index contributed by atoms with van der Waals surface area (Å²) in [5, 5.41) is 16.1. The first-order valence-electron chi connectivity index (χ1n) is 14.1. The molecular formula is C29H40N6O5S. The monoisotopic (exact) mass is 584 g/mol. The molecule has 11 nitrogen and oxygen atoms in total. The molecule has 41 heavy (non-hydrogen) atoms. The molecule has 2 fully saturated rings. The second kappa shape index (κ2) is 12.4. The van der Waals surface area contributed by atoms with Crippen LogP contribution in [0, 0.1) is 5.92 Å². The Hall–Kier alpha value is -3.06. The largest absolute Gasteiger partial charge is 0.389 e. The minimum atomic E-state index is -2.99. The molecule has 5 rings (SSSR count). The summed E-state index contributed by atoms with van der Waals surface area (Å²) in [4.78, 5) is 18.0. The van der Waals surface area contributed by atoms with Crippen molar-refractivity contribution in [1.29, 1.82) is 0 Å². The quantitative estimate of drug-likeness (QED) is 0.323. The van der Waals surface area contributed by atoms with Crippen molar-refractivity contribution in [2.24, 2.45) is 5.92 Å². The number of aliphatic hydroxyl groups excluding tert-OH is 1. The smallest absolute Gasteiger partial charge is 0.227 e. The molecule has 0 bridgehead atoms. The van der Waals surface area contributed by atoms with Gasteiger partial charge in [-0.05, 0) is 41.5 Å². The Morgan fingerprint density at radius 3 is 2.59 bits per heavy atom. The first kappa shape index (κ1) is 29.4. The van der Waals surface area contributed by atoms with Gasteiger partial charge in [0.05, 0.1) is 31.2 Å². The standard InChI is InChI=1S/C29H40N6O5S/c1-19(2)21-5-6-24(35-15-20(16-35)18-41(4,37)38)23-14-31-28(13-22(21)23)32-27-7-9-30-29(33-27)34-10-8-26(25(36)17-34)40-12-11-39-3/h5-7,9,13-14,19-20,25-26,36H,8,10-12,15-18H2,1-4H3,(H,30,31,32,33)/t25-,26+/m0/s1.